The van der Waals surface area contributed by atoms with Gasteiger partial charge in [0.15, 0.2) is 5.82 Å². The summed E-state index contributed by atoms with van der Waals surface area (Å²) < 4.78 is 8.00. The Morgan fingerprint density at radius 2 is 2.03 bits per heavy atom. The molecule has 2 aromatic carbocycles. The van der Waals surface area contributed by atoms with Crippen LogP contribution in [0, 0.1) is 0 Å². The number of nitrogens with zero attached hydrogens (tertiary/aromatic N) is 4. The number of nitrogens with one attached hydrogen (secondary N) is 1. The second-order valence-corrected chi connectivity index (χ2v) is 8.23. The normalized spacial score (nSPS) is 11.3. The first-order valence-electron chi connectivity index (χ1n) is 9.21. The Hall–Kier alpha value is -3.04. The maximum absolute atomic E-state index is 12.3. The third kappa shape index (κ3) is 4.27. The van der Waals surface area contributed by atoms with Crippen LogP contribution in [0.2, 0.25) is 0 Å². The van der Waals surface area contributed by atoms with Gasteiger partial charge in [-0.1, -0.05) is 34.2 Å². The number of carbonyl (C=O) groups is 1. The van der Waals surface area contributed by atoms with Gasteiger partial charge in [-0.15, -0.1) is 10.2 Å². The molecule has 30 heavy (non-hydrogen) atoms. The topological polar surface area (TPSA) is 81.4 Å². The van der Waals surface area contributed by atoms with Gasteiger partial charge in [-0.3, -0.25) is 4.79 Å². The van der Waals surface area contributed by atoms with Gasteiger partial charge in [-0.25, -0.2) is 0 Å². The highest BCUT2D eigenvalue weighted by Crippen LogP contribution is 2.27. The Morgan fingerprint density at radius 1 is 1.23 bits per heavy atom. The van der Waals surface area contributed by atoms with Gasteiger partial charge in [0.05, 0.1) is 7.11 Å². The number of anilines is 1. The summed E-state index contributed by atoms with van der Waals surface area (Å²) in [5.41, 5.74) is 2.47. The summed E-state index contributed by atoms with van der Waals surface area (Å²) >= 11 is 4.91. The average molecular weight is 484 g/mol. The van der Waals surface area contributed by atoms with E-state index in [4.69, 9.17) is 4.74 Å². The number of halogens is 1. The maximum Gasteiger partial charge on any atom is 0.248 e. The molecule has 7 nitrogen and oxygen atoms in total. The minimum absolute atomic E-state index is 0.226. The summed E-state index contributed by atoms with van der Waals surface area (Å²) in [6.45, 7) is 2.02. The highest BCUT2D eigenvalue weighted by molar-refractivity contribution is 9.10. The second kappa shape index (κ2) is 8.76. The van der Waals surface area contributed by atoms with Crippen molar-refractivity contribution in [3.8, 4) is 16.3 Å². The second-order valence-electron chi connectivity index (χ2n) is 6.36. The summed E-state index contributed by atoms with van der Waals surface area (Å²) in [5.74, 6) is 1.31. The molecule has 0 spiro atoms. The lowest BCUT2D eigenvalue weighted by molar-refractivity contribution is -0.111. The minimum atomic E-state index is -0.226. The number of carbonyl (C=O) groups excluding carboxylic acids is 1. The van der Waals surface area contributed by atoms with Gasteiger partial charge in [0.2, 0.25) is 10.9 Å². The average Bonchev–Trinajstić information content (AvgIpc) is 3.33. The van der Waals surface area contributed by atoms with Crippen LogP contribution in [-0.4, -0.2) is 32.8 Å². The molecule has 0 fully saturated rings. The number of hydrogen-bond acceptors (Lipinski definition) is 6. The molecule has 2 aromatic heterocycles. The smallest absolute Gasteiger partial charge is 0.248 e. The number of ether oxygens (including phenoxy) is 1. The van der Waals surface area contributed by atoms with E-state index in [9.17, 15) is 4.79 Å². The molecule has 0 aliphatic heterocycles. The van der Waals surface area contributed by atoms with Gasteiger partial charge >= 0.3 is 0 Å². The SMILES string of the molecule is CCc1nnc2sc(-c3ccc(NC(=O)C=Cc4cc(Br)ccc4OC)cc3)nn12. The maximum atomic E-state index is 12.3. The van der Waals surface area contributed by atoms with Crippen molar-refractivity contribution in [2.75, 3.05) is 12.4 Å². The third-order valence-electron chi connectivity index (χ3n) is 4.38. The Balaban J connectivity index is 1.46. The van der Waals surface area contributed by atoms with Gasteiger partial charge in [0, 0.05) is 33.8 Å². The molecular formula is C21H18BrN5O2S. The molecule has 0 aliphatic rings. The van der Waals surface area contributed by atoms with E-state index in [0.29, 0.717) is 11.4 Å². The predicted molar refractivity (Wildman–Crippen MR) is 122 cm³/mol. The van der Waals surface area contributed by atoms with E-state index in [-0.39, 0.29) is 5.91 Å². The van der Waals surface area contributed by atoms with Crippen LogP contribution in [-0.2, 0) is 11.2 Å². The van der Waals surface area contributed by atoms with E-state index in [0.717, 1.165) is 37.8 Å². The number of aryl methyl sites for hydroxylation is 1. The van der Waals surface area contributed by atoms with Crippen molar-refractivity contribution >= 4 is 49.9 Å². The molecule has 152 valence electrons. The Bertz CT molecular complexity index is 1230. The number of amides is 1. The molecule has 4 rings (SSSR count). The Morgan fingerprint density at radius 3 is 2.77 bits per heavy atom. The van der Waals surface area contributed by atoms with Crippen molar-refractivity contribution in [3.05, 3.63) is 64.4 Å². The van der Waals surface area contributed by atoms with Crippen LogP contribution in [0.5, 0.6) is 5.75 Å². The fourth-order valence-corrected chi connectivity index (χ4v) is 4.12. The van der Waals surface area contributed by atoms with E-state index in [2.05, 4.69) is 36.5 Å². The molecule has 0 saturated carbocycles. The van der Waals surface area contributed by atoms with Crippen LogP contribution in [0.15, 0.2) is 53.0 Å². The molecule has 0 atom stereocenters. The molecule has 0 saturated heterocycles. The first kappa shape index (κ1) is 20.2. The van der Waals surface area contributed by atoms with Crippen molar-refractivity contribution in [2.24, 2.45) is 0 Å². The van der Waals surface area contributed by atoms with Crippen molar-refractivity contribution in [1.29, 1.82) is 0 Å². The molecule has 0 unspecified atom stereocenters. The van der Waals surface area contributed by atoms with Crippen molar-refractivity contribution in [3.63, 3.8) is 0 Å². The van der Waals surface area contributed by atoms with Crippen LogP contribution in [0.4, 0.5) is 5.69 Å². The molecular weight excluding hydrogens is 466 g/mol. The molecule has 0 bridgehead atoms. The standard InChI is InChI=1S/C21H18BrN5O2S/c1-3-18-24-25-21-27(18)26-20(30-21)13-4-8-16(9-5-13)23-19(28)11-6-14-12-15(22)7-10-17(14)29-2/h4-12H,3H2,1-2H3,(H,23,28). The zero-order chi connectivity index (χ0) is 21.1. The number of aromatic nitrogens is 4. The van der Waals surface area contributed by atoms with E-state index in [1.54, 1.807) is 17.7 Å². The van der Waals surface area contributed by atoms with Gasteiger partial charge in [-0.2, -0.15) is 9.61 Å². The predicted octanol–water partition coefficient (Wildman–Crippen LogP) is 4.84. The zero-order valence-corrected chi connectivity index (χ0v) is 18.7. The van der Waals surface area contributed by atoms with Gasteiger partial charge in [-0.05, 0) is 48.5 Å². The fourth-order valence-electron chi connectivity index (χ4n) is 2.88. The van der Waals surface area contributed by atoms with Crippen molar-refractivity contribution in [1.82, 2.24) is 19.8 Å². The first-order chi connectivity index (χ1) is 14.6. The number of methoxy groups -OCH3 is 1. The van der Waals surface area contributed by atoms with Crippen molar-refractivity contribution in [2.45, 2.75) is 13.3 Å². The lowest BCUT2D eigenvalue weighted by atomic mass is 10.2. The van der Waals surface area contributed by atoms with Gasteiger partial charge < -0.3 is 10.1 Å². The van der Waals surface area contributed by atoms with Crippen LogP contribution in [0.3, 0.4) is 0 Å². The monoisotopic (exact) mass is 483 g/mol. The Kier molecular flexibility index (Phi) is 5.91. The lowest BCUT2D eigenvalue weighted by Gasteiger charge is -2.05. The number of fused-ring (bicyclic) bond motifs is 1. The molecule has 1 amide bonds. The molecule has 0 radical (unpaired) electrons. The zero-order valence-electron chi connectivity index (χ0n) is 16.3. The summed E-state index contributed by atoms with van der Waals surface area (Å²) in [4.78, 5) is 13.1. The van der Waals surface area contributed by atoms with Crippen LogP contribution in [0.1, 0.15) is 18.3 Å². The van der Waals surface area contributed by atoms with E-state index < -0.39 is 0 Å². The van der Waals surface area contributed by atoms with Crippen molar-refractivity contribution < 1.29 is 9.53 Å². The van der Waals surface area contributed by atoms with Gasteiger partial charge in [0.25, 0.3) is 0 Å². The summed E-state index contributed by atoms with van der Waals surface area (Å²) in [6, 6.07) is 13.2. The lowest BCUT2D eigenvalue weighted by Crippen LogP contribution is -2.07. The highest BCUT2D eigenvalue weighted by atomic mass is 79.9. The molecule has 4 aromatic rings. The quantitative estimate of drug-likeness (QED) is 0.396. The first-order valence-corrected chi connectivity index (χ1v) is 10.8. The molecule has 0 aliphatic carbocycles. The van der Waals surface area contributed by atoms with E-state index in [1.807, 2.05) is 49.4 Å². The molecule has 9 heteroatoms. The summed E-state index contributed by atoms with van der Waals surface area (Å²) in [5, 5.41) is 16.6. The van der Waals surface area contributed by atoms with Crippen LogP contribution < -0.4 is 10.1 Å². The van der Waals surface area contributed by atoms with Crippen LogP contribution >= 0.6 is 27.3 Å². The number of hydrogen-bond donors (Lipinski definition) is 1. The summed E-state index contributed by atoms with van der Waals surface area (Å²) in [7, 11) is 1.60. The largest absolute Gasteiger partial charge is 0.496 e. The number of rotatable bonds is 6. The number of benzene rings is 2. The fraction of sp³-hybridized carbons (Fsp3) is 0.143. The highest BCUT2D eigenvalue weighted by Gasteiger charge is 2.12. The summed E-state index contributed by atoms with van der Waals surface area (Å²) in [6.07, 6.45) is 3.97. The minimum Gasteiger partial charge on any atom is -0.496 e. The molecule has 1 N–H and O–H groups in total. The van der Waals surface area contributed by atoms with Gasteiger partial charge in [0.1, 0.15) is 10.8 Å². The van der Waals surface area contributed by atoms with E-state index >= 15 is 0 Å². The van der Waals surface area contributed by atoms with E-state index in [1.165, 1.54) is 17.4 Å². The molecule has 2 heterocycles. The third-order valence-corrected chi connectivity index (χ3v) is 5.82. The Labute approximate surface area is 185 Å². The van der Waals surface area contributed by atoms with Crippen LogP contribution in [0.25, 0.3) is 21.6 Å².